The molecule has 0 spiro atoms. The Kier molecular flexibility index (Phi) is 2.98. The molecule has 2 rings (SSSR count). The standard InChI is InChI=1S/C14H19F2N/c1-10-4-3-5-12(11(10)2)13(17)6-8-14(15,16)9-7-13/h3-5H,6-9,17H2,1-2H3. The molecule has 3 heteroatoms. The summed E-state index contributed by atoms with van der Waals surface area (Å²) in [7, 11) is 0. The zero-order valence-electron chi connectivity index (χ0n) is 10.4. The molecule has 17 heavy (non-hydrogen) atoms. The average molecular weight is 239 g/mol. The van der Waals surface area contributed by atoms with Gasteiger partial charge in [0.1, 0.15) is 0 Å². The molecule has 1 aliphatic rings. The molecule has 0 aromatic heterocycles. The van der Waals surface area contributed by atoms with Crippen LogP contribution in [0.1, 0.15) is 42.4 Å². The normalized spacial score (nSPS) is 22.4. The Balaban J connectivity index is 2.31. The van der Waals surface area contributed by atoms with E-state index in [1.165, 1.54) is 5.56 Å². The number of rotatable bonds is 1. The maximum absolute atomic E-state index is 13.2. The lowest BCUT2D eigenvalue weighted by Gasteiger charge is -2.38. The number of nitrogens with two attached hydrogens (primary N) is 1. The molecule has 1 aromatic carbocycles. The van der Waals surface area contributed by atoms with Gasteiger partial charge in [-0.2, -0.15) is 0 Å². The van der Waals surface area contributed by atoms with Crippen LogP contribution in [0.3, 0.4) is 0 Å². The van der Waals surface area contributed by atoms with Crippen molar-refractivity contribution < 1.29 is 8.78 Å². The van der Waals surface area contributed by atoms with Gasteiger partial charge in [0.05, 0.1) is 0 Å². The molecule has 0 heterocycles. The fraction of sp³-hybridized carbons (Fsp3) is 0.571. The van der Waals surface area contributed by atoms with Crippen LogP contribution in [0.15, 0.2) is 18.2 Å². The monoisotopic (exact) mass is 239 g/mol. The van der Waals surface area contributed by atoms with E-state index in [-0.39, 0.29) is 12.8 Å². The predicted molar refractivity (Wildman–Crippen MR) is 65.2 cm³/mol. The molecular formula is C14H19F2N. The summed E-state index contributed by atoms with van der Waals surface area (Å²) < 4.78 is 26.4. The van der Waals surface area contributed by atoms with Crippen molar-refractivity contribution in [2.75, 3.05) is 0 Å². The molecule has 0 saturated heterocycles. The van der Waals surface area contributed by atoms with Gasteiger partial charge in [0.15, 0.2) is 0 Å². The van der Waals surface area contributed by atoms with E-state index in [1.54, 1.807) is 0 Å². The van der Waals surface area contributed by atoms with Gasteiger partial charge in [-0.25, -0.2) is 8.78 Å². The third-order valence-electron chi connectivity index (χ3n) is 4.01. The molecule has 2 N–H and O–H groups in total. The number of benzene rings is 1. The van der Waals surface area contributed by atoms with Crippen LogP contribution in [-0.2, 0) is 5.54 Å². The van der Waals surface area contributed by atoms with Crippen LogP contribution in [0, 0.1) is 13.8 Å². The molecule has 0 bridgehead atoms. The third kappa shape index (κ3) is 2.34. The van der Waals surface area contributed by atoms with E-state index < -0.39 is 11.5 Å². The molecule has 0 unspecified atom stereocenters. The molecule has 1 aromatic rings. The lowest BCUT2D eigenvalue weighted by Crippen LogP contribution is -2.44. The number of hydrogen-bond acceptors (Lipinski definition) is 1. The molecule has 1 nitrogen and oxygen atoms in total. The second-order valence-electron chi connectivity index (χ2n) is 5.26. The lowest BCUT2D eigenvalue weighted by molar-refractivity contribution is -0.0514. The zero-order valence-corrected chi connectivity index (χ0v) is 10.4. The van der Waals surface area contributed by atoms with Crippen molar-refractivity contribution >= 4 is 0 Å². The van der Waals surface area contributed by atoms with Crippen LogP contribution in [0.4, 0.5) is 8.78 Å². The zero-order chi connectivity index (χ0) is 12.7. The van der Waals surface area contributed by atoms with Crippen LogP contribution in [-0.4, -0.2) is 5.92 Å². The summed E-state index contributed by atoms with van der Waals surface area (Å²) in [6, 6.07) is 5.96. The van der Waals surface area contributed by atoms with Crippen LogP contribution in [0.2, 0.25) is 0 Å². The first kappa shape index (κ1) is 12.5. The smallest absolute Gasteiger partial charge is 0.248 e. The van der Waals surface area contributed by atoms with Gasteiger partial charge < -0.3 is 5.73 Å². The van der Waals surface area contributed by atoms with E-state index in [9.17, 15) is 8.78 Å². The van der Waals surface area contributed by atoms with Crippen molar-refractivity contribution in [1.82, 2.24) is 0 Å². The summed E-state index contributed by atoms with van der Waals surface area (Å²) in [6.45, 7) is 4.05. The Hall–Kier alpha value is -0.960. The number of aryl methyl sites for hydroxylation is 1. The van der Waals surface area contributed by atoms with Gasteiger partial charge in [0.25, 0.3) is 0 Å². The van der Waals surface area contributed by atoms with Crippen LogP contribution in [0.25, 0.3) is 0 Å². The SMILES string of the molecule is Cc1cccc(C2(N)CCC(F)(F)CC2)c1C. The van der Waals surface area contributed by atoms with Crippen molar-refractivity contribution in [2.24, 2.45) is 5.73 Å². The van der Waals surface area contributed by atoms with Gasteiger partial charge in [-0.3, -0.25) is 0 Å². The number of halogens is 2. The van der Waals surface area contributed by atoms with Gasteiger partial charge in [-0.15, -0.1) is 0 Å². The highest BCUT2D eigenvalue weighted by Gasteiger charge is 2.42. The minimum absolute atomic E-state index is 0.100. The summed E-state index contributed by atoms with van der Waals surface area (Å²) >= 11 is 0. The van der Waals surface area contributed by atoms with E-state index in [0.29, 0.717) is 12.8 Å². The Labute approximate surface area is 101 Å². The van der Waals surface area contributed by atoms with E-state index in [0.717, 1.165) is 11.1 Å². The first-order chi connectivity index (χ1) is 7.84. The van der Waals surface area contributed by atoms with E-state index in [2.05, 4.69) is 0 Å². The Morgan fingerprint density at radius 1 is 1.06 bits per heavy atom. The topological polar surface area (TPSA) is 26.0 Å². The molecule has 0 radical (unpaired) electrons. The molecular weight excluding hydrogens is 220 g/mol. The van der Waals surface area contributed by atoms with Crippen molar-refractivity contribution in [3.63, 3.8) is 0 Å². The molecule has 94 valence electrons. The molecule has 1 saturated carbocycles. The van der Waals surface area contributed by atoms with Crippen molar-refractivity contribution in [3.8, 4) is 0 Å². The third-order valence-corrected chi connectivity index (χ3v) is 4.01. The highest BCUT2D eigenvalue weighted by Crippen LogP contribution is 2.43. The Morgan fingerprint density at radius 2 is 1.65 bits per heavy atom. The molecule has 0 atom stereocenters. The van der Waals surface area contributed by atoms with Gasteiger partial charge in [0.2, 0.25) is 5.92 Å². The maximum Gasteiger partial charge on any atom is 0.248 e. The van der Waals surface area contributed by atoms with Gasteiger partial charge in [-0.1, -0.05) is 18.2 Å². The molecule has 1 fully saturated rings. The fourth-order valence-electron chi connectivity index (χ4n) is 2.62. The van der Waals surface area contributed by atoms with E-state index in [4.69, 9.17) is 5.73 Å². The summed E-state index contributed by atoms with van der Waals surface area (Å²) in [6.07, 6.45) is 0.530. The number of alkyl halides is 2. The van der Waals surface area contributed by atoms with Crippen LogP contribution < -0.4 is 5.73 Å². The quantitative estimate of drug-likeness (QED) is 0.795. The summed E-state index contributed by atoms with van der Waals surface area (Å²) in [4.78, 5) is 0. The molecule has 0 aliphatic heterocycles. The van der Waals surface area contributed by atoms with E-state index >= 15 is 0 Å². The van der Waals surface area contributed by atoms with E-state index in [1.807, 2.05) is 32.0 Å². The molecule has 1 aliphatic carbocycles. The first-order valence-corrected chi connectivity index (χ1v) is 6.07. The summed E-state index contributed by atoms with van der Waals surface area (Å²) in [5.74, 6) is -2.53. The van der Waals surface area contributed by atoms with Crippen molar-refractivity contribution in [1.29, 1.82) is 0 Å². The number of hydrogen-bond donors (Lipinski definition) is 1. The molecule has 0 amide bonds. The second-order valence-corrected chi connectivity index (χ2v) is 5.26. The maximum atomic E-state index is 13.2. The van der Waals surface area contributed by atoms with Gasteiger partial charge in [-0.05, 0) is 43.4 Å². The van der Waals surface area contributed by atoms with Gasteiger partial charge in [0, 0.05) is 18.4 Å². The first-order valence-electron chi connectivity index (χ1n) is 6.07. The lowest BCUT2D eigenvalue weighted by atomic mass is 9.74. The van der Waals surface area contributed by atoms with Crippen molar-refractivity contribution in [2.45, 2.75) is 51.0 Å². The Bertz CT molecular complexity index is 416. The van der Waals surface area contributed by atoms with Gasteiger partial charge >= 0.3 is 0 Å². The van der Waals surface area contributed by atoms with Crippen LogP contribution in [0.5, 0.6) is 0 Å². The summed E-state index contributed by atoms with van der Waals surface area (Å²) in [5.41, 5.74) is 9.11. The average Bonchev–Trinajstić information content (AvgIpc) is 2.27. The predicted octanol–water partition coefficient (Wildman–Crippen LogP) is 3.67. The Morgan fingerprint density at radius 3 is 2.24 bits per heavy atom. The highest BCUT2D eigenvalue weighted by atomic mass is 19.3. The van der Waals surface area contributed by atoms with Crippen molar-refractivity contribution in [3.05, 3.63) is 34.9 Å². The second kappa shape index (κ2) is 4.05. The van der Waals surface area contributed by atoms with Crippen LogP contribution >= 0.6 is 0 Å². The summed E-state index contributed by atoms with van der Waals surface area (Å²) in [5, 5.41) is 0. The fourth-order valence-corrected chi connectivity index (χ4v) is 2.62. The highest BCUT2D eigenvalue weighted by molar-refractivity contribution is 5.38. The largest absolute Gasteiger partial charge is 0.321 e. The minimum atomic E-state index is -2.53. The minimum Gasteiger partial charge on any atom is -0.321 e.